The van der Waals surface area contributed by atoms with E-state index in [-0.39, 0.29) is 0 Å². The number of rotatable bonds is 1. The number of thiazole rings is 1. The van der Waals surface area contributed by atoms with Crippen LogP contribution in [0.15, 0.2) is 18.3 Å². The van der Waals surface area contributed by atoms with Gasteiger partial charge in [-0.25, -0.2) is 9.97 Å². The number of hydrogen-bond acceptors (Lipinski definition) is 3. The van der Waals surface area contributed by atoms with Crippen molar-refractivity contribution in [3.05, 3.63) is 23.3 Å². The van der Waals surface area contributed by atoms with Crippen LogP contribution in [0.3, 0.4) is 0 Å². The molecule has 2 nitrogen and oxygen atoms in total. The third-order valence-corrected chi connectivity index (χ3v) is 2.96. The fraction of sp³-hybridized carbons (Fsp3) is 0.333. The Labute approximate surface area is 75.3 Å². The molecular formula is C9H10N2S. The fourth-order valence-corrected chi connectivity index (χ4v) is 1.94. The van der Waals surface area contributed by atoms with Gasteiger partial charge in [0.25, 0.3) is 0 Å². The molecule has 0 radical (unpaired) electrons. The monoisotopic (exact) mass is 178 g/mol. The summed E-state index contributed by atoms with van der Waals surface area (Å²) in [5.41, 5.74) is 1.02. The third kappa shape index (κ3) is 1.20. The van der Waals surface area contributed by atoms with Crippen LogP contribution in [-0.4, -0.2) is 9.97 Å². The van der Waals surface area contributed by atoms with E-state index in [0.29, 0.717) is 5.92 Å². The molecule has 0 saturated heterocycles. The highest BCUT2D eigenvalue weighted by Crippen LogP contribution is 2.24. The Hall–Kier alpha value is -0.960. The van der Waals surface area contributed by atoms with Crippen LogP contribution >= 0.6 is 11.3 Å². The topological polar surface area (TPSA) is 25.8 Å². The first-order valence-electron chi connectivity index (χ1n) is 3.99. The van der Waals surface area contributed by atoms with Gasteiger partial charge in [-0.2, -0.15) is 0 Å². The first-order valence-corrected chi connectivity index (χ1v) is 4.80. The predicted molar refractivity (Wildman–Crippen MR) is 51.5 cm³/mol. The van der Waals surface area contributed by atoms with Crippen LogP contribution in [0.2, 0.25) is 0 Å². The summed E-state index contributed by atoms with van der Waals surface area (Å²) in [5.74, 6) is 0.504. The largest absolute Gasteiger partial charge is 0.244 e. The molecule has 2 aromatic heterocycles. The van der Waals surface area contributed by atoms with E-state index in [4.69, 9.17) is 0 Å². The number of aromatic nitrogens is 2. The highest BCUT2D eigenvalue weighted by atomic mass is 32.1. The molecule has 0 aliphatic rings. The minimum atomic E-state index is 0.504. The Morgan fingerprint density at radius 1 is 1.42 bits per heavy atom. The molecule has 62 valence electrons. The first-order chi connectivity index (χ1) is 5.77. The van der Waals surface area contributed by atoms with Crippen molar-refractivity contribution < 1.29 is 0 Å². The van der Waals surface area contributed by atoms with E-state index in [1.165, 1.54) is 5.01 Å². The molecule has 0 aliphatic heterocycles. The summed E-state index contributed by atoms with van der Waals surface area (Å²) < 4.78 is 0. The van der Waals surface area contributed by atoms with Crippen molar-refractivity contribution in [3.8, 4) is 0 Å². The summed E-state index contributed by atoms with van der Waals surface area (Å²) in [5, 5.41) is 1.17. The van der Waals surface area contributed by atoms with Crippen molar-refractivity contribution >= 4 is 21.7 Å². The van der Waals surface area contributed by atoms with Crippen LogP contribution in [0.25, 0.3) is 10.3 Å². The molecule has 0 aromatic carbocycles. The van der Waals surface area contributed by atoms with E-state index in [1.807, 2.05) is 18.3 Å². The Morgan fingerprint density at radius 2 is 2.25 bits per heavy atom. The Morgan fingerprint density at radius 3 is 2.92 bits per heavy atom. The normalized spacial score (nSPS) is 11.2. The number of fused-ring (bicyclic) bond motifs is 1. The van der Waals surface area contributed by atoms with Crippen molar-refractivity contribution in [1.29, 1.82) is 0 Å². The lowest BCUT2D eigenvalue weighted by atomic mass is 10.2. The average molecular weight is 178 g/mol. The lowest BCUT2D eigenvalue weighted by Gasteiger charge is -1.94. The summed E-state index contributed by atoms with van der Waals surface area (Å²) in [7, 11) is 0. The third-order valence-electron chi connectivity index (χ3n) is 1.68. The van der Waals surface area contributed by atoms with Crippen LogP contribution in [-0.2, 0) is 0 Å². The smallest absolute Gasteiger partial charge is 0.143 e. The van der Waals surface area contributed by atoms with Crippen molar-refractivity contribution in [2.75, 3.05) is 0 Å². The van der Waals surface area contributed by atoms with Gasteiger partial charge < -0.3 is 0 Å². The summed E-state index contributed by atoms with van der Waals surface area (Å²) in [6.07, 6.45) is 1.81. The summed E-state index contributed by atoms with van der Waals surface area (Å²) in [4.78, 5) is 9.75. The molecule has 0 N–H and O–H groups in total. The van der Waals surface area contributed by atoms with Crippen molar-refractivity contribution in [2.45, 2.75) is 19.8 Å². The molecule has 2 heterocycles. The van der Waals surface area contributed by atoms with Crippen LogP contribution in [0, 0.1) is 0 Å². The Balaban J connectivity index is 2.62. The van der Waals surface area contributed by atoms with E-state index in [9.17, 15) is 0 Å². The average Bonchev–Trinajstić information content (AvgIpc) is 2.46. The molecule has 12 heavy (non-hydrogen) atoms. The van der Waals surface area contributed by atoms with Crippen LogP contribution in [0.5, 0.6) is 0 Å². The van der Waals surface area contributed by atoms with Crippen LogP contribution in [0.1, 0.15) is 24.8 Å². The van der Waals surface area contributed by atoms with Gasteiger partial charge in [0.05, 0.1) is 5.01 Å². The van der Waals surface area contributed by atoms with Gasteiger partial charge in [-0.3, -0.25) is 0 Å². The minimum Gasteiger partial charge on any atom is -0.244 e. The zero-order valence-electron chi connectivity index (χ0n) is 7.11. The van der Waals surface area contributed by atoms with Gasteiger partial charge in [-0.1, -0.05) is 25.2 Å². The van der Waals surface area contributed by atoms with Crippen LogP contribution < -0.4 is 0 Å². The van der Waals surface area contributed by atoms with E-state index in [2.05, 4.69) is 23.8 Å². The number of pyridine rings is 1. The fourth-order valence-electron chi connectivity index (χ4n) is 1.03. The molecular weight excluding hydrogens is 168 g/mol. The van der Waals surface area contributed by atoms with E-state index >= 15 is 0 Å². The molecule has 2 rings (SSSR count). The maximum absolute atomic E-state index is 4.47. The summed E-state index contributed by atoms with van der Waals surface area (Å²) in [6, 6.07) is 3.93. The maximum atomic E-state index is 4.47. The Bertz CT molecular complexity index is 359. The Kier molecular flexibility index (Phi) is 1.81. The molecule has 0 fully saturated rings. The van der Waals surface area contributed by atoms with E-state index in [0.717, 1.165) is 10.3 Å². The zero-order valence-corrected chi connectivity index (χ0v) is 7.93. The highest BCUT2D eigenvalue weighted by Gasteiger charge is 2.06. The molecule has 2 aromatic rings. The van der Waals surface area contributed by atoms with Crippen molar-refractivity contribution in [1.82, 2.24) is 9.97 Å². The van der Waals surface area contributed by atoms with Crippen molar-refractivity contribution in [3.63, 3.8) is 0 Å². The lowest BCUT2D eigenvalue weighted by Crippen LogP contribution is -1.82. The molecule has 0 amide bonds. The standard InChI is InChI=1S/C9H10N2S/c1-6(2)8-11-7-4-3-5-10-9(7)12-8/h3-6H,1-2H3. The van der Waals surface area contributed by atoms with Crippen molar-refractivity contribution in [2.24, 2.45) is 0 Å². The van der Waals surface area contributed by atoms with Gasteiger partial charge in [-0.05, 0) is 12.1 Å². The molecule has 0 bridgehead atoms. The molecule has 0 unspecified atom stereocenters. The highest BCUT2D eigenvalue weighted by molar-refractivity contribution is 7.18. The zero-order chi connectivity index (χ0) is 8.55. The maximum Gasteiger partial charge on any atom is 0.143 e. The van der Waals surface area contributed by atoms with Gasteiger partial charge in [0, 0.05) is 12.1 Å². The molecule has 0 spiro atoms. The minimum absolute atomic E-state index is 0.504. The molecule has 0 atom stereocenters. The molecule has 3 heteroatoms. The van der Waals surface area contributed by atoms with Gasteiger partial charge in [0.15, 0.2) is 0 Å². The lowest BCUT2D eigenvalue weighted by molar-refractivity contribution is 0.857. The first kappa shape index (κ1) is 7.68. The number of hydrogen-bond donors (Lipinski definition) is 0. The second-order valence-electron chi connectivity index (χ2n) is 3.03. The summed E-state index contributed by atoms with van der Waals surface area (Å²) >= 11 is 1.68. The van der Waals surface area contributed by atoms with Gasteiger partial charge in [0.1, 0.15) is 10.3 Å². The van der Waals surface area contributed by atoms with Gasteiger partial charge in [-0.15, -0.1) is 0 Å². The molecule has 0 aliphatic carbocycles. The quantitative estimate of drug-likeness (QED) is 0.671. The van der Waals surface area contributed by atoms with Crippen LogP contribution in [0.4, 0.5) is 0 Å². The second-order valence-corrected chi connectivity index (χ2v) is 4.04. The predicted octanol–water partition coefficient (Wildman–Crippen LogP) is 2.81. The second kappa shape index (κ2) is 2.83. The van der Waals surface area contributed by atoms with Gasteiger partial charge >= 0.3 is 0 Å². The van der Waals surface area contributed by atoms with E-state index < -0.39 is 0 Å². The van der Waals surface area contributed by atoms with E-state index in [1.54, 1.807) is 11.3 Å². The SMILES string of the molecule is CC(C)c1nc2cccnc2s1. The number of nitrogens with zero attached hydrogens (tertiary/aromatic N) is 2. The van der Waals surface area contributed by atoms with Gasteiger partial charge in [0.2, 0.25) is 0 Å². The molecule has 0 saturated carbocycles. The summed E-state index contributed by atoms with van der Waals surface area (Å²) in [6.45, 7) is 4.30.